The van der Waals surface area contributed by atoms with E-state index in [1.807, 2.05) is 0 Å². The van der Waals surface area contributed by atoms with Crippen molar-refractivity contribution in [1.29, 1.82) is 0 Å². The first-order valence-corrected chi connectivity index (χ1v) is 15.0. The summed E-state index contributed by atoms with van der Waals surface area (Å²) in [6.07, 6.45) is 6.62. The summed E-state index contributed by atoms with van der Waals surface area (Å²) < 4.78 is 119. The molecule has 3 heterocycles. The first-order valence-electron chi connectivity index (χ1n) is 15.0. The highest BCUT2D eigenvalue weighted by Crippen LogP contribution is 2.60. The third-order valence-electron chi connectivity index (χ3n) is 9.33. The van der Waals surface area contributed by atoms with Crippen LogP contribution in [0, 0.1) is 35.2 Å². The number of alkyl halides is 4. The zero-order valence-electron chi connectivity index (χ0n) is 25.2. The van der Waals surface area contributed by atoms with Crippen LogP contribution in [0.15, 0.2) is 24.3 Å². The molecule has 2 aliphatic heterocycles. The van der Waals surface area contributed by atoms with Crippen molar-refractivity contribution >= 4 is 27.5 Å². The highest BCUT2D eigenvalue weighted by Gasteiger charge is 2.71. The lowest BCUT2D eigenvalue weighted by molar-refractivity contribution is -0.0497. The van der Waals surface area contributed by atoms with Gasteiger partial charge in [-0.25, -0.2) is 22.0 Å². The van der Waals surface area contributed by atoms with Gasteiger partial charge >= 0.3 is 12.6 Å². The minimum absolute atomic E-state index is 0.00482. The van der Waals surface area contributed by atoms with Gasteiger partial charge in [-0.1, -0.05) is 12.0 Å². The lowest BCUT2D eigenvalue weighted by Crippen LogP contribution is -2.51. The van der Waals surface area contributed by atoms with Gasteiger partial charge in [0.25, 0.3) is 5.92 Å². The number of ether oxygens (including phenoxy) is 3. The Morgan fingerprint density at radius 3 is 2.40 bits per heavy atom. The molecule has 252 valence electrons. The molecule has 1 aliphatic carbocycles. The topological polar surface area (TPSA) is 89.0 Å². The van der Waals surface area contributed by atoms with Crippen LogP contribution in [0.2, 0.25) is 0 Å². The van der Waals surface area contributed by atoms with Crippen molar-refractivity contribution in [3.63, 3.8) is 0 Å². The monoisotopic (exact) mass is 676 g/mol. The van der Waals surface area contributed by atoms with Gasteiger partial charge in [0.1, 0.15) is 29.5 Å². The number of hydrogen-bond acceptors (Lipinski definition) is 8. The number of rotatable bonds is 9. The number of nitrogens with zero attached hydrogens (tertiary/aromatic N) is 3. The molecule has 0 radical (unpaired) electrons. The molecule has 3 unspecified atom stereocenters. The number of piperazine rings is 1. The maximum absolute atomic E-state index is 17.0. The van der Waals surface area contributed by atoms with Crippen LogP contribution in [-0.2, 0) is 0 Å². The van der Waals surface area contributed by atoms with E-state index in [1.165, 1.54) is 6.07 Å². The van der Waals surface area contributed by atoms with Crippen molar-refractivity contribution in [2.75, 3.05) is 38.3 Å². The number of aliphatic hydroxyl groups is 1. The van der Waals surface area contributed by atoms with Crippen LogP contribution in [0.3, 0.4) is 0 Å². The first-order chi connectivity index (χ1) is 22.9. The van der Waals surface area contributed by atoms with Gasteiger partial charge in [0.05, 0.1) is 35.6 Å². The molecule has 3 aromatic carbocycles. The Morgan fingerprint density at radius 2 is 1.79 bits per heavy atom. The second kappa shape index (κ2) is 11.6. The first kappa shape index (κ1) is 32.0. The molecule has 1 saturated carbocycles. The van der Waals surface area contributed by atoms with Gasteiger partial charge in [0.15, 0.2) is 17.4 Å². The van der Waals surface area contributed by atoms with E-state index in [0.717, 1.165) is 38.2 Å². The van der Waals surface area contributed by atoms with E-state index in [2.05, 4.69) is 25.9 Å². The second-order valence-electron chi connectivity index (χ2n) is 12.3. The minimum atomic E-state index is -3.31. The summed E-state index contributed by atoms with van der Waals surface area (Å²) in [4.78, 5) is 10.3. The Bertz CT molecular complexity index is 1990. The van der Waals surface area contributed by atoms with E-state index in [-0.39, 0.29) is 34.1 Å². The van der Waals surface area contributed by atoms with E-state index in [4.69, 9.17) is 15.9 Å². The largest absolute Gasteiger partial charge is 0.493 e. The molecule has 2 bridgehead atoms. The minimum Gasteiger partial charge on any atom is -0.493 e. The molecule has 0 spiro atoms. The maximum atomic E-state index is 17.0. The number of aromatic nitrogens is 2. The van der Waals surface area contributed by atoms with Crippen LogP contribution in [0.4, 0.5) is 36.6 Å². The van der Waals surface area contributed by atoms with Crippen LogP contribution < -0.4 is 24.4 Å². The lowest BCUT2D eigenvalue weighted by atomic mass is 9.92. The van der Waals surface area contributed by atoms with Gasteiger partial charge in [-0.05, 0) is 36.4 Å². The number of aliphatic hydroxyl groups excluding tert-OH is 1. The molecular formula is C33H27F7N4O4. The summed E-state index contributed by atoms with van der Waals surface area (Å²) in [6, 6.07) is 3.71. The normalized spacial score (nSPS) is 22.7. The third-order valence-corrected chi connectivity index (χ3v) is 9.33. The van der Waals surface area contributed by atoms with E-state index in [0.29, 0.717) is 13.1 Å². The molecule has 2 N–H and O–H groups in total. The molecule has 8 nitrogen and oxygen atoms in total. The highest BCUT2D eigenvalue weighted by atomic mass is 19.3. The fourth-order valence-electron chi connectivity index (χ4n) is 6.81. The summed E-state index contributed by atoms with van der Waals surface area (Å²) in [6.45, 7) is -4.16. The van der Waals surface area contributed by atoms with E-state index >= 15 is 8.78 Å². The molecular weight excluding hydrogens is 649 g/mol. The molecule has 2 saturated heterocycles. The fourth-order valence-corrected chi connectivity index (χ4v) is 6.81. The predicted molar refractivity (Wildman–Crippen MR) is 160 cm³/mol. The molecule has 3 fully saturated rings. The molecule has 3 aliphatic rings. The molecule has 15 heteroatoms. The molecule has 3 atom stereocenters. The summed E-state index contributed by atoms with van der Waals surface area (Å²) in [7, 11) is 1.12. The maximum Gasteiger partial charge on any atom is 0.387 e. The number of benzene rings is 3. The molecule has 48 heavy (non-hydrogen) atoms. The third kappa shape index (κ3) is 5.09. The Labute approximate surface area is 268 Å². The Balaban J connectivity index is 1.50. The number of methoxy groups -OCH3 is 1. The lowest BCUT2D eigenvalue weighted by Gasteiger charge is -2.34. The Morgan fingerprint density at radius 1 is 1.08 bits per heavy atom. The fraction of sp³-hybridized carbons (Fsp3) is 0.394. The zero-order chi connectivity index (χ0) is 34.1. The van der Waals surface area contributed by atoms with E-state index in [1.54, 1.807) is 4.90 Å². The highest BCUT2D eigenvalue weighted by molar-refractivity contribution is 6.06. The van der Waals surface area contributed by atoms with Crippen molar-refractivity contribution in [2.45, 2.75) is 43.9 Å². The van der Waals surface area contributed by atoms with Crippen molar-refractivity contribution in [2.24, 2.45) is 5.41 Å². The predicted octanol–water partition coefficient (Wildman–Crippen LogP) is 5.80. The number of hydrogen-bond donors (Lipinski definition) is 2. The van der Waals surface area contributed by atoms with Gasteiger partial charge in [-0.15, -0.1) is 6.42 Å². The van der Waals surface area contributed by atoms with Gasteiger partial charge in [-0.2, -0.15) is 18.7 Å². The summed E-state index contributed by atoms with van der Waals surface area (Å²) in [5.41, 5.74) is -4.13. The molecule has 1 aromatic heterocycles. The van der Waals surface area contributed by atoms with Gasteiger partial charge in [-0.3, -0.25) is 0 Å². The Kier molecular flexibility index (Phi) is 7.71. The standard InChI is InChI=1S/C33H27F7N4O4/c1-3-19-21(34)7-4-15-8-18(48-30(37)38)9-20(22(15)19)23-25(35)27-24(28(46-2)26(23)36)29(44-10-16-5-6-17(11-44)41-16)43-31(42-27)47-14-32(13-45)12-33(32,39)40/h1,4,7-9,16-17,30,41,45H,5-6,10-14H2,2H3. The van der Waals surface area contributed by atoms with Gasteiger partial charge in [0, 0.05) is 42.5 Å². The van der Waals surface area contributed by atoms with Gasteiger partial charge in [0.2, 0.25) is 0 Å². The van der Waals surface area contributed by atoms with Crippen LogP contribution in [-0.4, -0.2) is 73.1 Å². The van der Waals surface area contributed by atoms with Crippen molar-refractivity contribution in [3.05, 3.63) is 47.3 Å². The average Bonchev–Trinajstić information content (AvgIpc) is 3.45. The van der Waals surface area contributed by atoms with Crippen LogP contribution >= 0.6 is 0 Å². The molecule has 4 aromatic rings. The Hall–Kier alpha value is -4.55. The second-order valence-corrected chi connectivity index (χ2v) is 12.3. The average molecular weight is 677 g/mol. The van der Waals surface area contributed by atoms with E-state index < -0.39 is 94.8 Å². The number of fused-ring (bicyclic) bond motifs is 4. The SMILES string of the molecule is C#Cc1c(F)ccc2cc(OC(F)F)cc(-c3c(F)c(OC)c4c(N5CC6CCC(C5)N6)nc(OCC5(CO)CC5(F)F)nc4c3F)c12. The number of halogens is 7. The quantitative estimate of drug-likeness (QED) is 0.170. The van der Waals surface area contributed by atoms with Crippen LogP contribution in [0.1, 0.15) is 24.8 Å². The van der Waals surface area contributed by atoms with Gasteiger partial charge < -0.3 is 29.5 Å². The van der Waals surface area contributed by atoms with Crippen molar-refractivity contribution in [3.8, 4) is 41.0 Å². The summed E-state index contributed by atoms with van der Waals surface area (Å²) in [5, 5.41) is 12.8. The van der Waals surface area contributed by atoms with Crippen LogP contribution in [0.25, 0.3) is 32.8 Å². The van der Waals surface area contributed by atoms with Crippen LogP contribution in [0.5, 0.6) is 17.5 Å². The van der Waals surface area contributed by atoms with E-state index in [9.17, 15) is 27.1 Å². The number of anilines is 1. The zero-order valence-corrected chi connectivity index (χ0v) is 25.2. The number of terminal acetylenes is 1. The molecule has 0 amide bonds. The smallest absolute Gasteiger partial charge is 0.387 e. The van der Waals surface area contributed by atoms with Crippen molar-refractivity contribution < 1.29 is 50.1 Å². The molecule has 7 rings (SSSR count). The summed E-state index contributed by atoms with van der Waals surface area (Å²) in [5.74, 6) is -5.61. The van der Waals surface area contributed by atoms with Crippen molar-refractivity contribution in [1.82, 2.24) is 15.3 Å². The number of nitrogens with one attached hydrogen (secondary N) is 1. The summed E-state index contributed by atoms with van der Waals surface area (Å²) >= 11 is 0.